The molecule has 0 atom stereocenters. The third kappa shape index (κ3) is 3.69. The van der Waals surface area contributed by atoms with E-state index >= 15 is 0 Å². The zero-order valence-corrected chi connectivity index (χ0v) is 11.2. The molecular weight excluding hydrogens is 240 g/mol. The fourth-order valence-corrected chi connectivity index (χ4v) is 1.75. The maximum Gasteiger partial charge on any atom is 0.122 e. The highest BCUT2D eigenvalue weighted by molar-refractivity contribution is 5.69. The molecular formula is C15H18N2O2. The van der Waals surface area contributed by atoms with E-state index in [4.69, 9.17) is 15.2 Å². The van der Waals surface area contributed by atoms with Crippen molar-refractivity contribution in [3.63, 3.8) is 0 Å². The second-order valence-corrected chi connectivity index (χ2v) is 4.32. The Morgan fingerprint density at radius 1 is 1.11 bits per heavy atom. The second-order valence-electron chi connectivity index (χ2n) is 4.32. The lowest BCUT2D eigenvalue weighted by molar-refractivity contribution is 0.146. The van der Waals surface area contributed by atoms with Gasteiger partial charge in [-0.3, -0.25) is 4.98 Å². The summed E-state index contributed by atoms with van der Waals surface area (Å²) in [6.45, 7) is 3.02. The first-order chi connectivity index (χ1) is 9.19. The minimum absolute atomic E-state index is 0.505. The van der Waals surface area contributed by atoms with Gasteiger partial charge in [-0.15, -0.1) is 0 Å². The largest absolute Gasteiger partial charge is 0.491 e. The van der Waals surface area contributed by atoms with Crippen molar-refractivity contribution in [1.29, 1.82) is 0 Å². The molecule has 2 N–H and O–H groups in total. The number of rotatable bonds is 5. The van der Waals surface area contributed by atoms with E-state index in [1.54, 1.807) is 13.2 Å². The molecule has 4 heteroatoms. The first-order valence-electron chi connectivity index (χ1n) is 6.14. The molecule has 2 rings (SSSR count). The molecule has 0 unspecified atom stereocenters. The number of benzene rings is 1. The summed E-state index contributed by atoms with van der Waals surface area (Å²) in [7, 11) is 1.64. The van der Waals surface area contributed by atoms with E-state index in [1.165, 1.54) is 0 Å². The van der Waals surface area contributed by atoms with Crippen molar-refractivity contribution in [2.45, 2.75) is 6.92 Å². The summed E-state index contributed by atoms with van der Waals surface area (Å²) in [6, 6.07) is 9.68. The molecule has 1 heterocycles. The van der Waals surface area contributed by atoms with Crippen LogP contribution in [0.1, 0.15) is 5.69 Å². The quantitative estimate of drug-likeness (QED) is 0.661. The van der Waals surface area contributed by atoms with Gasteiger partial charge in [-0.05, 0) is 30.7 Å². The average molecular weight is 258 g/mol. The summed E-state index contributed by atoms with van der Waals surface area (Å²) >= 11 is 0. The summed E-state index contributed by atoms with van der Waals surface area (Å²) in [5, 5.41) is 0. The lowest BCUT2D eigenvalue weighted by atomic mass is 10.1. The molecule has 4 nitrogen and oxygen atoms in total. The fraction of sp³-hybridized carbons (Fsp3) is 0.267. The molecule has 0 spiro atoms. The second kappa shape index (κ2) is 6.20. The normalized spacial score (nSPS) is 10.4. The predicted octanol–water partition coefficient (Wildman–Crippen LogP) is 2.66. The summed E-state index contributed by atoms with van der Waals surface area (Å²) in [5.74, 6) is 0.743. The van der Waals surface area contributed by atoms with Crippen LogP contribution < -0.4 is 10.5 Å². The van der Waals surface area contributed by atoms with Crippen LogP contribution in [0.5, 0.6) is 5.75 Å². The fourth-order valence-electron chi connectivity index (χ4n) is 1.75. The Kier molecular flexibility index (Phi) is 4.36. The van der Waals surface area contributed by atoms with E-state index in [9.17, 15) is 0 Å². The van der Waals surface area contributed by atoms with Crippen molar-refractivity contribution in [1.82, 2.24) is 4.98 Å². The minimum atomic E-state index is 0.505. The molecule has 0 aliphatic rings. The van der Waals surface area contributed by atoms with E-state index in [1.807, 2.05) is 37.4 Å². The summed E-state index contributed by atoms with van der Waals surface area (Å²) in [5.41, 5.74) is 9.58. The van der Waals surface area contributed by atoms with Gasteiger partial charge >= 0.3 is 0 Å². The molecule has 1 aromatic carbocycles. The minimum Gasteiger partial charge on any atom is -0.491 e. The van der Waals surface area contributed by atoms with Crippen LogP contribution in [0.4, 0.5) is 5.69 Å². The van der Waals surface area contributed by atoms with Gasteiger partial charge in [0.1, 0.15) is 12.4 Å². The maximum atomic E-state index is 5.90. The van der Waals surface area contributed by atoms with Crippen molar-refractivity contribution < 1.29 is 9.47 Å². The molecule has 19 heavy (non-hydrogen) atoms. The number of aromatic nitrogens is 1. The Morgan fingerprint density at radius 2 is 1.95 bits per heavy atom. The van der Waals surface area contributed by atoms with Gasteiger partial charge in [0.25, 0.3) is 0 Å². The topological polar surface area (TPSA) is 57.4 Å². The van der Waals surface area contributed by atoms with Gasteiger partial charge in [0.05, 0.1) is 6.61 Å². The van der Waals surface area contributed by atoms with Crippen LogP contribution in [-0.2, 0) is 4.74 Å². The van der Waals surface area contributed by atoms with E-state index in [0.717, 1.165) is 22.6 Å². The number of aryl methyl sites for hydroxylation is 1. The van der Waals surface area contributed by atoms with Crippen molar-refractivity contribution >= 4 is 5.69 Å². The zero-order chi connectivity index (χ0) is 13.7. The van der Waals surface area contributed by atoms with Crippen molar-refractivity contribution in [2.24, 2.45) is 0 Å². The number of nitrogen functional groups attached to an aromatic ring is 1. The molecule has 0 radical (unpaired) electrons. The first-order valence-corrected chi connectivity index (χ1v) is 6.14. The highest BCUT2D eigenvalue weighted by atomic mass is 16.5. The molecule has 100 valence electrons. The average Bonchev–Trinajstić information content (AvgIpc) is 2.39. The number of nitrogens with zero attached hydrogens (tertiary/aromatic N) is 1. The van der Waals surface area contributed by atoms with Gasteiger partial charge < -0.3 is 15.2 Å². The van der Waals surface area contributed by atoms with Gasteiger partial charge in [-0.25, -0.2) is 0 Å². The van der Waals surface area contributed by atoms with Gasteiger partial charge in [-0.1, -0.05) is 6.07 Å². The number of pyridine rings is 1. The first kappa shape index (κ1) is 13.4. The van der Waals surface area contributed by atoms with Crippen molar-refractivity contribution in [3.05, 3.63) is 42.2 Å². The summed E-state index contributed by atoms with van der Waals surface area (Å²) < 4.78 is 10.5. The number of nitrogens with two attached hydrogens (primary N) is 1. The van der Waals surface area contributed by atoms with E-state index in [-0.39, 0.29) is 0 Å². The van der Waals surface area contributed by atoms with Crippen molar-refractivity contribution in [2.75, 3.05) is 26.1 Å². The number of hydrogen-bond donors (Lipinski definition) is 1. The van der Waals surface area contributed by atoms with Crippen LogP contribution in [0.25, 0.3) is 11.1 Å². The Morgan fingerprint density at radius 3 is 2.63 bits per heavy atom. The number of hydrogen-bond acceptors (Lipinski definition) is 4. The summed E-state index contributed by atoms with van der Waals surface area (Å²) in [4.78, 5) is 4.29. The summed E-state index contributed by atoms with van der Waals surface area (Å²) in [6.07, 6.45) is 1.84. The standard InChI is InChI=1S/C15H18N2O2/c1-11-3-4-12(10-17-11)13-7-14(16)9-15(8-13)19-6-5-18-2/h3-4,7-10H,5-6,16H2,1-2H3. The number of anilines is 1. The maximum absolute atomic E-state index is 5.90. The van der Waals surface area contributed by atoms with Crippen LogP contribution in [0.3, 0.4) is 0 Å². The highest BCUT2D eigenvalue weighted by Gasteiger charge is 2.03. The Balaban J connectivity index is 2.23. The monoisotopic (exact) mass is 258 g/mol. The SMILES string of the molecule is COCCOc1cc(N)cc(-c2ccc(C)nc2)c1. The highest BCUT2D eigenvalue weighted by Crippen LogP contribution is 2.27. The molecule has 0 saturated heterocycles. The Bertz CT molecular complexity index is 538. The van der Waals surface area contributed by atoms with Gasteiger partial charge in [0.15, 0.2) is 0 Å². The molecule has 1 aromatic heterocycles. The molecule has 0 amide bonds. The Labute approximate surface area is 113 Å². The van der Waals surface area contributed by atoms with Crippen LogP contribution in [-0.4, -0.2) is 25.3 Å². The van der Waals surface area contributed by atoms with Crippen molar-refractivity contribution in [3.8, 4) is 16.9 Å². The Hall–Kier alpha value is -2.07. The lowest BCUT2D eigenvalue weighted by Crippen LogP contribution is -2.04. The lowest BCUT2D eigenvalue weighted by Gasteiger charge is -2.09. The zero-order valence-electron chi connectivity index (χ0n) is 11.2. The molecule has 0 saturated carbocycles. The predicted molar refractivity (Wildman–Crippen MR) is 76.2 cm³/mol. The molecule has 0 aliphatic carbocycles. The molecule has 2 aromatic rings. The van der Waals surface area contributed by atoms with Crippen LogP contribution in [0, 0.1) is 6.92 Å². The third-order valence-electron chi connectivity index (χ3n) is 2.73. The number of methoxy groups -OCH3 is 1. The van der Waals surface area contributed by atoms with Crippen LogP contribution in [0.15, 0.2) is 36.5 Å². The van der Waals surface area contributed by atoms with E-state index < -0.39 is 0 Å². The molecule has 0 fully saturated rings. The molecule has 0 aliphatic heterocycles. The van der Waals surface area contributed by atoms with E-state index in [2.05, 4.69) is 4.98 Å². The number of ether oxygens (including phenoxy) is 2. The van der Waals surface area contributed by atoms with Gasteiger partial charge in [-0.2, -0.15) is 0 Å². The van der Waals surface area contributed by atoms with Crippen LogP contribution >= 0.6 is 0 Å². The van der Waals surface area contributed by atoms with Gasteiger partial charge in [0, 0.05) is 36.3 Å². The van der Waals surface area contributed by atoms with Gasteiger partial charge in [0.2, 0.25) is 0 Å². The third-order valence-corrected chi connectivity index (χ3v) is 2.73. The molecule has 0 bridgehead atoms. The smallest absolute Gasteiger partial charge is 0.122 e. The van der Waals surface area contributed by atoms with E-state index in [0.29, 0.717) is 18.9 Å². The van der Waals surface area contributed by atoms with Crippen LogP contribution in [0.2, 0.25) is 0 Å².